The molecule has 0 aliphatic rings. The summed E-state index contributed by atoms with van der Waals surface area (Å²) in [5.41, 5.74) is 4.84. The van der Waals surface area contributed by atoms with Crippen LogP contribution in [-0.2, 0) is 4.79 Å². The average molecular weight is 389 g/mol. The van der Waals surface area contributed by atoms with Gasteiger partial charge in [-0.25, -0.2) is 0 Å². The van der Waals surface area contributed by atoms with Crippen molar-refractivity contribution in [3.63, 3.8) is 0 Å². The topological polar surface area (TPSA) is 26.3 Å². The van der Waals surface area contributed by atoms with E-state index in [1.54, 1.807) is 0 Å². The molecule has 142 valence electrons. The van der Waals surface area contributed by atoms with E-state index < -0.39 is 0 Å². The quantitative estimate of drug-likeness (QED) is 0.270. The van der Waals surface area contributed by atoms with E-state index in [1.165, 1.54) is 49.3 Å². The van der Waals surface area contributed by atoms with Crippen molar-refractivity contribution in [2.24, 2.45) is 0 Å². The average Bonchev–Trinajstić information content (AvgIpc) is 2.93. The minimum absolute atomic E-state index is 0.255. The van der Waals surface area contributed by atoms with Crippen LogP contribution in [0.4, 0.5) is 0 Å². The molecular weight excluding hydrogens is 364 g/mol. The second-order valence-corrected chi connectivity index (χ2v) is 8.89. The number of thiophene rings is 1. The third-order valence-electron chi connectivity index (χ3n) is 5.35. The zero-order chi connectivity index (χ0) is 20.0. The molecule has 0 amide bonds. The number of ether oxygens (including phenoxy) is 1. The minimum Gasteiger partial charge on any atom is -0.426 e. The van der Waals surface area contributed by atoms with Gasteiger partial charge in [0.2, 0.25) is 0 Å². The number of aryl methyl sites for hydroxylation is 2. The van der Waals surface area contributed by atoms with Crippen molar-refractivity contribution in [3.8, 4) is 16.9 Å². The molecule has 4 aromatic rings. The van der Waals surface area contributed by atoms with Crippen molar-refractivity contribution in [2.45, 2.75) is 40.5 Å². The van der Waals surface area contributed by atoms with E-state index in [2.05, 4.69) is 70.2 Å². The molecule has 0 aliphatic heterocycles. The summed E-state index contributed by atoms with van der Waals surface area (Å²) >= 11 is 1.86. The maximum Gasteiger partial charge on any atom is 0.308 e. The predicted molar refractivity (Wildman–Crippen MR) is 120 cm³/mol. The molecule has 0 unspecified atom stereocenters. The maximum absolute atomic E-state index is 11.5. The number of benzene rings is 3. The summed E-state index contributed by atoms with van der Waals surface area (Å²) in [7, 11) is 0. The summed E-state index contributed by atoms with van der Waals surface area (Å²) < 4.78 is 6.78. The van der Waals surface area contributed by atoms with Crippen molar-refractivity contribution in [3.05, 3.63) is 64.5 Å². The third kappa shape index (κ3) is 3.10. The van der Waals surface area contributed by atoms with E-state index in [-0.39, 0.29) is 11.9 Å². The molecule has 0 fully saturated rings. The van der Waals surface area contributed by atoms with Crippen LogP contribution in [0.15, 0.2) is 48.5 Å². The van der Waals surface area contributed by atoms with Gasteiger partial charge in [-0.3, -0.25) is 4.79 Å². The molecule has 28 heavy (non-hydrogen) atoms. The highest BCUT2D eigenvalue weighted by Gasteiger charge is 2.18. The first-order valence-corrected chi connectivity index (χ1v) is 10.4. The highest BCUT2D eigenvalue weighted by atomic mass is 32.1. The lowest BCUT2D eigenvalue weighted by molar-refractivity contribution is -0.131. The Labute approximate surface area is 169 Å². The van der Waals surface area contributed by atoms with Gasteiger partial charge in [0.25, 0.3) is 0 Å². The molecule has 0 atom stereocenters. The molecule has 2 nitrogen and oxygen atoms in total. The molecular formula is C25H24O2S. The summed E-state index contributed by atoms with van der Waals surface area (Å²) in [6.45, 7) is 10.1. The van der Waals surface area contributed by atoms with Crippen molar-refractivity contribution >= 4 is 38.2 Å². The van der Waals surface area contributed by atoms with Crippen molar-refractivity contribution in [2.75, 3.05) is 0 Å². The summed E-state index contributed by atoms with van der Waals surface area (Å²) in [5.74, 6) is 0.623. The summed E-state index contributed by atoms with van der Waals surface area (Å²) in [5, 5.41) is 3.84. The molecule has 0 N–H and O–H groups in total. The third-order valence-corrected chi connectivity index (χ3v) is 6.51. The fourth-order valence-electron chi connectivity index (χ4n) is 3.89. The zero-order valence-corrected chi connectivity index (χ0v) is 17.7. The second-order valence-electron chi connectivity index (χ2n) is 7.63. The molecule has 0 radical (unpaired) electrons. The second kappa shape index (κ2) is 7.06. The SMILES string of the molecule is CC(=O)Oc1ccc(-c2c3ccccc3cc3sc(C)c(C)c23)cc1C(C)C. The van der Waals surface area contributed by atoms with Crippen LogP contribution in [0.1, 0.15) is 42.7 Å². The van der Waals surface area contributed by atoms with Gasteiger partial charge in [0.1, 0.15) is 5.75 Å². The van der Waals surface area contributed by atoms with E-state index in [9.17, 15) is 4.79 Å². The van der Waals surface area contributed by atoms with Gasteiger partial charge in [0, 0.05) is 21.9 Å². The van der Waals surface area contributed by atoms with E-state index in [1.807, 2.05) is 17.4 Å². The number of hydrogen-bond acceptors (Lipinski definition) is 3. The molecule has 3 heteroatoms. The Hall–Kier alpha value is -2.65. The largest absolute Gasteiger partial charge is 0.426 e. The van der Waals surface area contributed by atoms with Crippen molar-refractivity contribution < 1.29 is 9.53 Å². The van der Waals surface area contributed by atoms with Crippen LogP contribution in [0.3, 0.4) is 0 Å². The first-order valence-electron chi connectivity index (χ1n) is 9.61. The molecule has 0 bridgehead atoms. The van der Waals surface area contributed by atoms with Gasteiger partial charge in [-0.2, -0.15) is 0 Å². The maximum atomic E-state index is 11.5. The number of rotatable bonds is 3. The Balaban J connectivity index is 2.07. The smallest absolute Gasteiger partial charge is 0.308 e. The van der Waals surface area contributed by atoms with E-state index in [4.69, 9.17) is 4.74 Å². The Bertz CT molecular complexity index is 1210. The van der Waals surface area contributed by atoms with Crippen LogP contribution in [0.5, 0.6) is 5.75 Å². The number of hydrogen-bond donors (Lipinski definition) is 0. The molecule has 0 saturated carbocycles. The Morgan fingerprint density at radius 3 is 2.50 bits per heavy atom. The fraction of sp³-hybridized carbons (Fsp3) is 0.240. The monoisotopic (exact) mass is 388 g/mol. The molecule has 0 spiro atoms. The number of fused-ring (bicyclic) bond motifs is 2. The normalized spacial score (nSPS) is 11.5. The van der Waals surface area contributed by atoms with Gasteiger partial charge in [-0.15, -0.1) is 11.3 Å². The van der Waals surface area contributed by atoms with E-state index in [0.29, 0.717) is 5.75 Å². The van der Waals surface area contributed by atoms with Crippen molar-refractivity contribution in [1.82, 2.24) is 0 Å². The van der Waals surface area contributed by atoms with Gasteiger partial charge in [-0.05, 0) is 71.0 Å². The standard InChI is InChI=1S/C25H24O2S/c1-14(2)21-12-19(10-11-22(21)27-17(5)26)25-20-9-7-6-8-18(20)13-23-24(25)15(3)16(4)28-23/h6-14H,1-5H3. The van der Waals surface area contributed by atoms with Crippen LogP contribution in [0.25, 0.3) is 32.0 Å². The first-order chi connectivity index (χ1) is 13.4. The highest BCUT2D eigenvalue weighted by Crippen LogP contribution is 2.43. The number of carbonyl (C=O) groups excluding carboxylic acids is 1. The first kappa shape index (κ1) is 18.7. The van der Waals surface area contributed by atoms with Gasteiger partial charge >= 0.3 is 5.97 Å². The molecule has 0 saturated heterocycles. The number of esters is 1. The highest BCUT2D eigenvalue weighted by molar-refractivity contribution is 7.19. The van der Waals surface area contributed by atoms with Crippen LogP contribution >= 0.6 is 11.3 Å². The molecule has 3 aromatic carbocycles. The lowest BCUT2D eigenvalue weighted by atomic mass is 9.90. The van der Waals surface area contributed by atoms with Gasteiger partial charge in [0.05, 0.1) is 0 Å². The van der Waals surface area contributed by atoms with Crippen LogP contribution in [-0.4, -0.2) is 5.97 Å². The Morgan fingerprint density at radius 2 is 1.79 bits per heavy atom. The van der Waals surface area contributed by atoms with E-state index in [0.717, 1.165) is 5.56 Å². The van der Waals surface area contributed by atoms with Crippen LogP contribution in [0.2, 0.25) is 0 Å². The summed E-state index contributed by atoms with van der Waals surface area (Å²) in [6, 6.07) is 17.1. The lowest BCUT2D eigenvalue weighted by Gasteiger charge is -2.16. The molecule has 1 heterocycles. The Morgan fingerprint density at radius 1 is 1.04 bits per heavy atom. The molecule has 1 aromatic heterocycles. The lowest BCUT2D eigenvalue weighted by Crippen LogP contribution is -2.05. The van der Waals surface area contributed by atoms with Gasteiger partial charge in [0.15, 0.2) is 0 Å². The summed E-state index contributed by atoms with van der Waals surface area (Å²) in [6.07, 6.45) is 0. The van der Waals surface area contributed by atoms with Crippen LogP contribution in [0, 0.1) is 13.8 Å². The fourth-order valence-corrected chi connectivity index (χ4v) is 5.02. The molecule has 4 rings (SSSR count). The zero-order valence-electron chi connectivity index (χ0n) is 16.9. The van der Waals surface area contributed by atoms with Crippen LogP contribution < -0.4 is 4.74 Å². The Kier molecular flexibility index (Phi) is 4.72. The van der Waals surface area contributed by atoms with Gasteiger partial charge < -0.3 is 4.74 Å². The van der Waals surface area contributed by atoms with Crippen molar-refractivity contribution in [1.29, 1.82) is 0 Å². The van der Waals surface area contributed by atoms with E-state index >= 15 is 0 Å². The van der Waals surface area contributed by atoms with Gasteiger partial charge in [-0.1, -0.05) is 44.2 Å². The predicted octanol–water partition coefficient (Wildman–Crippen LogP) is 7.39. The summed E-state index contributed by atoms with van der Waals surface area (Å²) in [4.78, 5) is 12.9. The minimum atomic E-state index is -0.286. The molecule has 0 aliphatic carbocycles. The number of carbonyl (C=O) groups is 1.